The van der Waals surface area contributed by atoms with Crippen molar-refractivity contribution in [1.29, 1.82) is 0 Å². The predicted molar refractivity (Wildman–Crippen MR) is 77.9 cm³/mol. The largest absolute Gasteiger partial charge is 0.250 e. The van der Waals surface area contributed by atoms with E-state index in [-0.39, 0.29) is 0 Å². The first-order valence-corrected chi connectivity index (χ1v) is 8.99. The second kappa shape index (κ2) is 8.15. The summed E-state index contributed by atoms with van der Waals surface area (Å²) < 4.78 is 27.0. The molecule has 0 atom stereocenters. The molecule has 0 radical (unpaired) electrons. The van der Waals surface area contributed by atoms with Gasteiger partial charge in [-0.15, -0.1) is 11.3 Å². The monoisotopic (exact) mass is 309 g/mol. The Bertz CT molecular complexity index is 443. The maximum Gasteiger partial charge on any atom is 0.250 e. The van der Waals surface area contributed by atoms with Gasteiger partial charge in [-0.1, -0.05) is 50.6 Å². The highest BCUT2D eigenvalue weighted by Gasteiger charge is 2.15. The molecule has 0 saturated heterocycles. The molecule has 0 aliphatic rings. The van der Waals surface area contributed by atoms with Crippen LogP contribution >= 0.6 is 22.9 Å². The van der Waals surface area contributed by atoms with Crippen molar-refractivity contribution in [1.82, 2.24) is 4.72 Å². The van der Waals surface area contributed by atoms with Crippen LogP contribution < -0.4 is 4.72 Å². The number of sulfonamides is 1. The Balaban J connectivity index is 2.22. The maximum absolute atomic E-state index is 11.8. The van der Waals surface area contributed by atoms with Gasteiger partial charge in [-0.05, 0) is 18.6 Å². The fraction of sp³-hybridized carbons (Fsp3) is 0.667. The molecule has 0 bridgehead atoms. The van der Waals surface area contributed by atoms with Gasteiger partial charge in [-0.2, -0.15) is 0 Å². The fourth-order valence-electron chi connectivity index (χ4n) is 1.63. The Kier molecular flexibility index (Phi) is 7.22. The van der Waals surface area contributed by atoms with Crippen LogP contribution in [0.3, 0.4) is 0 Å². The summed E-state index contributed by atoms with van der Waals surface area (Å²) in [5.74, 6) is 0. The van der Waals surface area contributed by atoms with Gasteiger partial charge in [0, 0.05) is 6.54 Å². The van der Waals surface area contributed by atoms with Crippen molar-refractivity contribution in [2.75, 3.05) is 6.54 Å². The number of nitrogens with one attached hydrogen (secondary N) is 1. The molecule has 0 amide bonds. The Hall–Kier alpha value is -0.100. The molecule has 0 saturated carbocycles. The second-order valence-electron chi connectivity index (χ2n) is 4.22. The summed E-state index contributed by atoms with van der Waals surface area (Å²) in [5, 5.41) is 0. The predicted octanol–water partition coefficient (Wildman–Crippen LogP) is 4.04. The second-order valence-corrected chi connectivity index (χ2v) is 7.93. The molecule has 0 aromatic carbocycles. The van der Waals surface area contributed by atoms with Crippen molar-refractivity contribution in [2.45, 2.75) is 49.7 Å². The number of hydrogen-bond donors (Lipinski definition) is 1. The molecule has 0 aliphatic heterocycles. The highest BCUT2D eigenvalue weighted by Crippen LogP contribution is 2.25. The summed E-state index contributed by atoms with van der Waals surface area (Å²) >= 11 is 6.81. The molecule has 1 N–H and O–H groups in total. The van der Waals surface area contributed by atoms with E-state index in [0.29, 0.717) is 15.1 Å². The number of hydrogen-bond acceptors (Lipinski definition) is 3. The Labute approximate surface area is 119 Å². The molecule has 0 unspecified atom stereocenters. The number of halogens is 1. The highest BCUT2D eigenvalue weighted by molar-refractivity contribution is 7.91. The minimum absolute atomic E-state index is 0.290. The Morgan fingerprint density at radius 1 is 1.17 bits per heavy atom. The molecule has 0 aliphatic carbocycles. The molecule has 6 heteroatoms. The number of unbranched alkanes of at least 4 members (excludes halogenated alkanes) is 5. The van der Waals surface area contributed by atoms with Crippen molar-refractivity contribution in [3.8, 4) is 0 Å². The van der Waals surface area contributed by atoms with Gasteiger partial charge in [-0.25, -0.2) is 13.1 Å². The smallest absolute Gasteiger partial charge is 0.210 e. The lowest BCUT2D eigenvalue weighted by Gasteiger charge is -2.04. The van der Waals surface area contributed by atoms with Crippen molar-refractivity contribution in [2.24, 2.45) is 0 Å². The van der Waals surface area contributed by atoms with E-state index in [4.69, 9.17) is 11.6 Å². The average Bonchev–Trinajstić information content (AvgIpc) is 2.75. The molecule has 1 aromatic rings. The van der Waals surface area contributed by atoms with Crippen LogP contribution in [-0.2, 0) is 10.0 Å². The van der Waals surface area contributed by atoms with Gasteiger partial charge in [0.2, 0.25) is 10.0 Å². The topological polar surface area (TPSA) is 46.2 Å². The minimum Gasteiger partial charge on any atom is -0.210 e. The SMILES string of the molecule is CCCCCCCCNS(=O)(=O)c1ccc(Cl)s1. The van der Waals surface area contributed by atoms with Gasteiger partial charge in [0.1, 0.15) is 4.21 Å². The van der Waals surface area contributed by atoms with Crippen molar-refractivity contribution >= 4 is 33.0 Å². The molecular formula is C12H20ClNO2S2. The van der Waals surface area contributed by atoms with E-state index in [9.17, 15) is 8.42 Å². The molecule has 3 nitrogen and oxygen atoms in total. The van der Waals surface area contributed by atoms with E-state index in [1.165, 1.54) is 31.7 Å². The van der Waals surface area contributed by atoms with Crippen LogP contribution in [0.4, 0.5) is 0 Å². The van der Waals surface area contributed by atoms with E-state index >= 15 is 0 Å². The van der Waals surface area contributed by atoms with Crippen LogP contribution in [0, 0.1) is 0 Å². The van der Waals surface area contributed by atoms with Crippen LogP contribution in [0.1, 0.15) is 45.4 Å². The third-order valence-electron chi connectivity index (χ3n) is 2.64. The summed E-state index contributed by atoms with van der Waals surface area (Å²) in [7, 11) is -3.35. The molecule has 1 rings (SSSR count). The molecule has 18 heavy (non-hydrogen) atoms. The third kappa shape index (κ3) is 5.69. The van der Waals surface area contributed by atoms with E-state index in [0.717, 1.165) is 24.2 Å². The normalized spacial score (nSPS) is 11.9. The minimum atomic E-state index is -3.35. The summed E-state index contributed by atoms with van der Waals surface area (Å²) in [6.07, 6.45) is 6.88. The lowest BCUT2D eigenvalue weighted by Crippen LogP contribution is -2.23. The average molecular weight is 310 g/mol. The lowest BCUT2D eigenvalue weighted by atomic mass is 10.1. The van der Waals surface area contributed by atoms with Crippen molar-refractivity contribution in [3.05, 3.63) is 16.5 Å². The van der Waals surface area contributed by atoms with Crippen LogP contribution in [0.5, 0.6) is 0 Å². The standard InChI is InChI=1S/C12H20ClNO2S2/c1-2-3-4-5-6-7-10-14-18(15,16)12-9-8-11(13)17-12/h8-9,14H,2-7,10H2,1H3. The van der Waals surface area contributed by atoms with E-state index in [1.807, 2.05) is 0 Å². The molecular weight excluding hydrogens is 290 g/mol. The zero-order valence-electron chi connectivity index (χ0n) is 10.6. The van der Waals surface area contributed by atoms with Gasteiger partial charge in [-0.3, -0.25) is 0 Å². The first-order chi connectivity index (χ1) is 8.56. The third-order valence-corrected chi connectivity index (χ3v) is 5.82. The lowest BCUT2D eigenvalue weighted by molar-refractivity contribution is 0.569. The van der Waals surface area contributed by atoms with Crippen molar-refractivity contribution < 1.29 is 8.42 Å². The summed E-state index contributed by atoms with van der Waals surface area (Å²) in [4.78, 5) is 0. The quantitative estimate of drug-likeness (QED) is 0.700. The van der Waals surface area contributed by atoms with Crippen LogP contribution in [0.2, 0.25) is 4.34 Å². The van der Waals surface area contributed by atoms with Gasteiger partial charge in [0.05, 0.1) is 4.34 Å². The van der Waals surface area contributed by atoms with E-state index < -0.39 is 10.0 Å². The summed E-state index contributed by atoms with van der Waals surface area (Å²) in [6.45, 7) is 2.68. The zero-order valence-corrected chi connectivity index (χ0v) is 13.0. The zero-order chi connectivity index (χ0) is 13.4. The molecule has 0 spiro atoms. The molecule has 104 valence electrons. The summed E-state index contributed by atoms with van der Waals surface area (Å²) in [5.41, 5.74) is 0. The van der Waals surface area contributed by atoms with Gasteiger partial charge < -0.3 is 0 Å². The van der Waals surface area contributed by atoms with E-state index in [1.54, 1.807) is 6.07 Å². The number of thiophene rings is 1. The maximum atomic E-state index is 11.8. The molecule has 1 heterocycles. The van der Waals surface area contributed by atoms with Crippen LogP contribution in [0.25, 0.3) is 0 Å². The molecule has 1 aromatic heterocycles. The van der Waals surface area contributed by atoms with Crippen LogP contribution in [0.15, 0.2) is 16.3 Å². The fourth-order valence-corrected chi connectivity index (χ4v) is 4.23. The summed E-state index contributed by atoms with van der Waals surface area (Å²) in [6, 6.07) is 3.14. The Morgan fingerprint density at radius 3 is 2.44 bits per heavy atom. The highest BCUT2D eigenvalue weighted by atomic mass is 35.5. The Morgan fingerprint density at radius 2 is 1.83 bits per heavy atom. The van der Waals surface area contributed by atoms with E-state index in [2.05, 4.69) is 11.6 Å². The van der Waals surface area contributed by atoms with Crippen LogP contribution in [-0.4, -0.2) is 15.0 Å². The van der Waals surface area contributed by atoms with Crippen molar-refractivity contribution in [3.63, 3.8) is 0 Å². The first-order valence-electron chi connectivity index (χ1n) is 6.31. The number of rotatable bonds is 9. The van der Waals surface area contributed by atoms with Gasteiger partial charge in [0.15, 0.2) is 0 Å². The van der Waals surface area contributed by atoms with Gasteiger partial charge in [0.25, 0.3) is 0 Å². The first kappa shape index (κ1) is 16.0. The van der Waals surface area contributed by atoms with Gasteiger partial charge >= 0.3 is 0 Å². The molecule has 0 fully saturated rings.